The third kappa shape index (κ3) is 3.70. The summed E-state index contributed by atoms with van der Waals surface area (Å²) in [5.41, 5.74) is 1.68. The number of carboxylic acids is 1. The van der Waals surface area contributed by atoms with Gasteiger partial charge in [0.15, 0.2) is 0 Å². The van der Waals surface area contributed by atoms with Gasteiger partial charge in [-0.2, -0.15) is 0 Å². The van der Waals surface area contributed by atoms with Crippen molar-refractivity contribution in [2.24, 2.45) is 0 Å². The van der Waals surface area contributed by atoms with Crippen LogP contribution in [0.4, 0.5) is 4.79 Å². The van der Waals surface area contributed by atoms with Crippen LogP contribution < -0.4 is 5.32 Å². The molecule has 0 radical (unpaired) electrons. The second-order valence-corrected chi connectivity index (χ2v) is 5.87. The molecular formula is C18H13ClN2O4. The minimum absolute atomic E-state index is 0.136. The number of rotatable bonds is 4. The van der Waals surface area contributed by atoms with E-state index in [1.807, 2.05) is 0 Å². The van der Waals surface area contributed by atoms with Crippen molar-refractivity contribution in [1.29, 1.82) is 0 Å². The lowest BCUT2D eigenvalue weighted by atomic mass is 10.1. The number of carboxylic acid groups (broad SMARTS) is 1. The van der Waals surface area contributed by atoms with Crippen molar-refractivity contribution >= 4 is 35.6 Å². The number of halogens is 1. The maximum atomic E-state index is 12.4. The zero-order chi connectivity index (χ0) is 18.0. The number of hydrogen-bond donors (Lipinski definition) is 2. The number of imide groups is 1. The van der Waals surface area contributed by atoms with E-state index in [0.717, 1.165) is 10.5 Å². The van der Waals surface area contributed by atoms with Crippen molar-refractivity contribution in [3.63, 3.8) is 0 Å². The number of urea groups is 1. The first-order valence-corrected chi connectivity index (χ1v) is 7.74. The van der Waals surface area contributed by atoms with Gasteiger partial charge < -0.3 is 10.4 Å². The lowest BCUT2D eigenvalue weighted by molar-refractivity contribution is -0.123. The fourth-order valence-corrected chi connectivity index (χ4v) is 2.50. The van der Waals surface area contributed by atoms with Gasteiger partial charge in [-0.1, -0.05) is 35.9 Å². The Morgan fingerprint density at radius 1 is 1.08 bits per heavy atom. The predicted molar refractivity (Wildman–Crippen MR) is 91.9 cm³/mol. The van der Waals surface area contributed by atoms with E-state index < -0.39 is 17.9 Å². The van der Waals surface area contributed by atoms with Gasteiger partial charge in [0.25, 0.3) is 5.91 Å². The predicted octanol–water partition coefficient (Wildman–Crippen LogP) is 3.13. The molecule has 0 bridgehead atoms. The SMILES string of the molecule is O=C(O)c1ccc(/C=C2\NC(=O)N(Cc3ccc(Cl)cc3)C2=O)cc1. The number of nitrogens with one attached hydrogen (secondary N) is 1. The molecule has 2 aromatic carbocycles. The molecule has 1 aliphatic heterocycles. The second kappa shape index (κ2) is 6.78. The zero-order valence-corrected chi connectivity index (χ0v) is 13.7. The molecule has 2 N–H and O–H groups in total. The molecule has 3 rings (SSSR count). The number of benzene rings is 2. The molecular weight excluding hydrogens is 344 g/mol. The summed E-state index contributed by atoms with van der Waals surface area (Å²) in [5.74, 6) is -1.47. The Hall–Kier alpha value is -3.12. The highest BCUT2D eigenvalue weighted by molar-refractivity contribution is 6.30. The highest BCUT2D eigenvalue weighted by Gasteiger charge is 2.33. The minimum Gasteiger partial charge on any atom is -0.478 e. The van der Waals surface area contributed by atoms with E-state index in [0.29, 0.717) is 10.6 Å². The van der Waals surface area contributed by atoms with Crippen LogP contribution in [0.2, 0.25) is 5.02 Å². The van der Waals surface area contributed by atoms with Gasteiger partial charge in [0.05, 0.1) is 12.1 Å². The molecule has 0 atom stereocenters. The van der Waals surface area contributed by atoms with Crippen LogP contribution in [-0.2, 0) is 11.3 Å². The minimum atomic E-state index is -1.03. The smallest absolute Gasteiger partial charge is 0.335 e. The molecule has 0 aliphatic carbocycles. The summed E-state index contributed by atoms with van der Waals surface area (Å²) < 4.78 is 0. The van der Waals surface area contributed by atoms with Crippen LogP contribution in [0.3, 0.4) is 0 Å². The van der Waals surface area contributed by atoms with E-state index in [-0.39, 0.29) is 17.8 Å². The first kappa shape index (κ1) is 16.7. The first-order chi connectivity index (χ1) is 11.9. The van der Waals surface area contributed by atoms with Gasteiger partial charge in [-0.3, -0.25) is 9.69 Å². The summed E-state index contributed by atoms with van der Waals surface area (Å²) in [7, 11) is 0. The normalized spacial score (nSPS) is 15.6. The van der Waals surface area contributed by atoms with E-state index in [9.17, 15) is 14.4 Å². The summed E-state index contributed by atoms with van der Waals surface area (Å²) in [6, 6.07) is 12.4. The van der Waals surface area contributed by atoms with Crippen LogP contribution in [0.5, 0.6) is 0 Å². The standard InChI is InChI=1S/C18H13ClN2O4/c19-14-7-3-12(4-8-14)10-21-16(22)15(20-18(21)25)9-11-1-5-13(6-2-11)17(23)24/h1-9H,10H2,(H,20,25)(H,23,24)/b15-9-. The fourth-order valence-electron chi connectivity index (χ4n) is 2.38. The monoisotopic (exact) mass is 356 g/mol. The highest BCUT2D eigenvalue weighted by atomic mass is 35.5. The molecule has 1 fully saturated rings. The van der Waals surface area contributed by atoms with E-state index >= 15 is 0 Å². The van der Waals surface area contributed by atoms with Crippen molar-refractivity contribution in [2.75, 3.05) is 0 Å². The average molecular weight is 357 g/mol. The molecule has 0 unspecified atom stereocenters. The Labute approximate surface area is 148 Å². The molecule has 6 nitrogen and oxygen atoms in total. The summed E-state index contributed by atoms with van der Waals surface area (Å²) in [4.78, 5) is 36.4. The van der Waals surface area contributed by atoms with Crippen LogP contribution in [0.25, 0.3) is 6.08 Å². The van der Waals surface area contributed by atoms with E-state index in [4.69, 9.17) is 16.7 Å². The average Bonchev–Trinajstić information content (AvgIpc) is 2.85. The molecule has 7 heteroatoms. The molecule has 1 aliphatic rings. The molecule has 0 saturated carbocycles. The third-order valence-corrected chi connectivity index (χ3v) is 3.94. The second-order valence-electron chi connectivity index (χ2n) is 5.43. The fraction of sp³-hybridized carbons (Fsp3) is 0.0556. The van der Waals surface area contributed by atoms with Crippen LogP contribution in [0.15, 0.2) is 54.2 Å². The lowest BCUT2D eigenvalue weighted by Crippen LogP contribution is -2.30. The van der Waals surface area contributed by atoms with Crippen molar-refractivity contribution in [1.82, 2.24) is 10.2 Å². The highest BCUT2D eigenvalue weighted by Crippen LogP contribution is 2.18. The number of carbonyl (C=O) groups is 3. The molecule has 0 spiro atoms. The molecule has 1 heterocycles. The maximum Gasteiger partial charge on any atom is 0.335 e. The number of aromatic carboxylic acids is 1. The molecule has 126 valence electrons. The molecule has 25 heavy (non-hydrogen) atoms. The van der Waals surface area contributed by atoms with Gasteiger partial charge in [0.2, 0.25) is 0 Å². The summed E-state index contributed by atoms with van der Waals surface area (Å²) in [5, 5.41) is 12.0. The largest absolute Gasteiger partial charge is 0.478 e. The van der Waals surface area contributed by atoms with Gasteiger partial charge in [-0.25, -0.2) is 9.59 Å². The van der Waals surface area contributed by atoms with Crippen LogP contribution >= 0.6 is 11.6 Å². The van der Waals surface area contributed by atoms with Crippen molar-refractivity contribution in [2.45, 2.75) is 6.54 Å². The van der Waals surface area contributed by atoms with Gasteiger partial charge in [0.1, 0.15) is 5.70 Å². The lowest BCUT2D eigenvalue weighted by Gasteiger charge is -2.11. The zero-order valence-electron chi connectivity index (χ0n) is 12.9. The van der Waals surface area contributed by atoms with Crippen LogP contribution in [-0.4, -0.2) is 27.9 Å². The quantitative estimate of drug-likeness (QED) is 0.651. The molecule has 0 aromatic heterocycles. The Balaban J connectivity index is 1.78. The number of hydrogen-bond acceptors (Lipinski definition) is 3. The molecule has 2 aromatic rings. The molecule has 1 saturated heterocycles. The Morgan fingerprint density at radius 3 is 2.32 bits per heavy atom. The van der Waals surface area contributed by atoms with Gasteiger partial charge in [-0.15, -0.1) is 0 Å². The Kier molecular flexibility index (Phi) is 4.54. The Morgan fingerprint density at radius 2 is 1.72 bits per heavy atom. The number of amides is 3. The maximum absolute atomic E-state index is 12.4. The summed E-state index contributed by atoms with van der Waals surface area (Å²) in [6.07, 6.45) is 1.51. The van der Waals surface area contributed by atoms with E-state index in [2.05, 4.69) is 5.32 Å². The summed E-state index contributed by atoms with van der Waals surface area (Å²) >= 11 is 5.82. The molecule has 3 amide bonds. The Bertz CT molecular complexity index is 873. The number of carbonyl (C=O) groups excluding carboxylic acids is 2. The number of nitrogens with zero attached hydrogens (tertiary/aromatic N) is 1. The van der Waals surface area contributed by atoms with E-state index in [1.54, 1.807) is 36.4 Å². The van der Waals surface area contributed by atoms with Gasteiger partial charge in [-0.05, 0) is 41.5 Å². The third-order valence-electron chi connectivity index (χ3n) is 3.68. The van der Waals surface area contributed by atoms with Crippen molar-refractivity contribution < 1.29 is 19.5 Å². The van der Waals surface area contributed by atoms with Crippen molar-refractivity contribution in [3.8, 4) is 0 Å². The van der Waals surface area contributed by atoms with E-state index in [1.165, 1.54) is 18.2 Å². The first-order valence-electron chi connectivity index (χ1n) is 7.36. The van der Waals surface area contributed by atoms with Gasteiger partial charge in [0, 0.05) is 5.02 Å². The topological polar surface area (TPSA) is 86.7 Å². The van der Waals surface area contributed by atoms with Crippen molar-refractivity contribution in [3.05, 3.63) is 75.9 Å². The van der Waals surface area contributed by atoms with Crippen LogP contribution in [0.1, 0.15) is 21.5 Å². The van der Waals surface area contributed by atoms with Crippen LogP contribution in [0, 0.1) is 0 Å². The summed E-state index contributed by atoms with van der Waals surface area (Å²) in [6.45, 7) is 0.136. The van der Waals surface area contributed by atoms with Gasteiger partial charge >= 0.3 is 12.0 Å².